The Morgan fingerprint density at radius 1 is 1.60 bits per heavy atom. The van der Waals surface area contributed by atoms with E-state index in [1.165, 1.54) is 18.2 Å². The van der Waals surface area contributed by atoms with Gasteiger partial charge in [0.25, 0.3) is 5.69 Å². The number of hydrogen-bond acceptors (Lipinski definition) is 4. The van der Waals surface area contributed by atoms with Crippen molar-refractivity contribution in [1.29, 1.82) is 0 Å². The van der Waals surface area contributed by atoms with Crippen molar-refractivity contribution < 1.29 is 14.8 Å². The summed E-state index contributed by atoms with van der Waals surface area (Å²) in [6, 6.07) is 3.74. The first-order valence-electron chi connectivity index (χ1n) is 3.96. The number of rotatable bonds is 3. The van der Waals surface area contributed by atoms with Crippen molar-refractivity contribution in [2.45, 2.75) is 0 Å². The number of nitrogens with one attached hydrogen (secondary N) is 1. The topological polar surface area (TPSA) is 92.5 Å². The highest BCUT2D eigenvalue weighted by molar-refractivity contribution is 6.01. The summed E-state index contributed by atoms with van der Waals surface area (Å²) in [5.74, 6) is -0.987. The monoisotopic (exact) mass is 208 g/mol. The predicted molar refractivity (Wildman–Crippen MR) is 53.6 cm³/mol. The van der Waals surface area contributed by atoms with Gasteiger partial charge in [-0.1, -0.05) is 12.6 Å². The van der Waals surface area contributed by atoms with Crippen LogP contribution in [0.3, 0.4) is 0 Å². The molecule has 1 aromatic carbocycles. The van der Waals surface area contributed by atoms with E-state index in [1.807, 2.05) is 0 Å². The number of nitro benzene ring substituents is 1. The molecule has 0 unspecified atom stereocenters. The summed E-state index contributed by atoms with van der Waals surface area (Å²) >= 11 is 0. The van der Waals surface area contributed by atoms with Crippen LogP contribution < -0.4 is 5.32 Å². The van der Waals surface area contributed by atoms with Crippen LogP contribution in [0.25, 0.3) is 0 Å². The second kappa shape index (κ2) is 4.23. The minimum Gasteiger partial charge on any atom is -0.505 e. The Hall–Kier alpha value is -2.37. The van der Waals surface area contributed by atoms with Crippen LogP contribution >= 0.6 is 0 Å². The van der Waals surface area contributed by atoms with Gasteiger partial charge in [0.2, 0.25) is 5.91 Å². The van der Waals surface area contributed by atoms with Crippen molar-refractivity contribution in [1.82, 2.24) is 0 Å². The number of phenolic OH excluding ortho intramolecular Hbond substituents is 1. The average molecular weight is 208 g/mol. The molecular weight excluding hydrogens is 200 g/mol. The Morgan fingerprint density at radius 3 is 2.80 bits per heavy atom. The number of carbonyl (C=O) groups is 1. The largest absolute Gasteiger partial charge is 0.505 e. The molecule has 0 saturated carbocycles. The van der Waals surface area contributed by atoms with Gasteiger partial charge in [-0.15, -0.1) is 0 Å². The molecule has 0 fully saturated rings. The SMILES string of the molecule is C=CC(=O)Nc1c(O)cccc1[N+](=O)[O-]. The van der Waals surface area contributed by atoms with Crippen LogP contribution in [0.1, 0.15) is 0 Å². The number of nitrogens with zero attached hydrogens (tertiary/aromatic N) is 1. The molecule has 0 heterocycles. The van der Waals surface area contributed by atoms with E-state index in [-0.39, 0.29) is 17.1 Å². The highest BCUT2D eigenvalue weighted by atomic mass is 16.6. The third-order valence-electron chi connectivity index (χ3n) is 1.65. The first kappa shape index (κ1) is 10.7. The molecule has 0 aliphatic carbocycles. The summed E-state index contributed by atoms with van der Waals surface area (Å²) in [4.78, 5) is 20.8. The van der Waals surface area contributed by atoms with Gasteiger partial charge in [-0.25, -0.2) is 0 Å². The zero-order chi connectivity index (χ0) is 11.4. The molecule has 0 saturated heterocycles. The lowest BCUT2D eigenvalue weighted by Crippen LogP contribution is -2.09. The lowest BCUT2D eigenvalue weighted by atomic mass is 10.2. The van der Waals surface area contributed by atoms with Crippen LogP contribution in [0, 0.1) is 10.1 Å². The molecule has 0 bridgehead atoms. The van der Waals surface area contributed by atoms with Gasteiger partial charge in [0.1, 0.15) is 5.75 Å². The van der Waals surface area contributed by atoms with E-state index >= 15 is 0 Å². The highest BCUT2D eigenvalue weighted by Crippen LogP contribution is 2.32. The third-order valence-corrected chi connectivity index (χ3v) is 1.65. The summed E-state index contributed by atoms with van der Waals surface area (Å²) in [6.07, 6.45) is 0.955. The summed E-state index contributed by atoms with van der Waals surface area (Å²) < 4.78 is 0. The molecule has 78 valence electrons. The maximum absolute atomic E-state index is 10.9. The van der Waals surface area contributed by atoms with E-state index in [1.54, 1.807) is 0 Å². The van der Waals surface area contributed by atoms with Crippen molar-refractivity contribution in [2.75, 3.05) is 5.32 Å². The lowest BCUT2D eigenvalue weighted by molar-refractivity contribution is -0.384. The molecule has 6 nitrogen and oxygen atoms in total. The number of phenols is 1. The quantitative estimate of drug-likeness (QED) is 0.340. The van der Waals surface area contributed by atoms with E-state index in [4.69, 9.17) is 0 Å². The molecule has 2 N–H and O–H groups in total. The average Bonchev–Trinajstić information content (AvgIpc) is 2.20. The summed E-state index contributed by atoms with van der Waals surface area (Å²) in [6.45, 7) is 3.20. The normalized spacial score (nSPS) is 9.33. The molecule has 15 heavy (non-hydrogen) atoms. The molecule has 6 heteroatoms. The van der Waals surface area contributed by atoms with Crippen LogP contribution in [0.15, 0.2) is 30.9 Å². The molecule has 1 rings (SSSR count). The first-order chi connectivity index (χ1) is 7.06. The molecule has 0 aliphatic rings. The molecule has 0 aliphatic heterocycles. The van der Waals surface area contributed by atoms with E-state index in [9.17, 15) is 20.0 Å². The van der Waals surface area contributed by atoms with Crippen molar-refractivity contribution in [3.05, 3.63) is 41.0 Å². The fourth-order valence-corrected chi connectivity index (χ4v) is 0.983. The summed E-state index contributed by atoms with van der Waals surface area (Å²) in [5, 5.41) is 22.1. The van der Waals surface area contributed by atoms with Crippen molar-refractivity contribution in [2.24, 2.45) is 0 Å². The smallest absolute Gasteiger partial charge is 0.296 e. The van der Waals surface area contributed by atoms with Gasteiger partial charge in [0.15, 0.2) is 5.69 Å². The maximum atomic E-state index is 10.9. The number of anilines is 1. The van der Waals surface area contributed by atoms with Crippen LogP contribution in [-0.4, -0.2) is 15.9 Å². The molecule has 0 aromatic heterocycles. The maximum Gasteiger partial charge on any atom is 0.296 e. The van der Waals surface area contributed by atoms with Crippen molar-refractivity contribution in [3.8, 4) is 5.75 Å². The molecular formula is C9H8N2O4. The Labute approximate surface area is 85.0 Å². The Morgan fingerprint density at radius 2 is 2.27 bits per heavy atom. The number of aromatic hydroxyl groups is 1. The first-order valence-corrected chi connectivity index (χ1v) is 3.96. The second-order valence-corrected chi connectivity index (χ2v) is 2.62. The minimum absolute atomic E-state index is 0.229. The van der Waals surface area contributed by atoms with Crippen molar-refractivity contribution >= 4 is 17.3 Å². The number of carbonyl (C=O) groups excluding carboxylic acids is 1. The predicted octanol–water partition coefficient (Wildman–Crippen LogP) is 1.42. The Kier molecular flexibility index (Phi) is 3.02. The van der Waals surface area contributed by atoms with Gasteiger partial charge < -0.3 is 10.4 Å². The number of para-hydroxylation sites is 1. The number of amides is 1. The summed E-state index contributed by atoms with van der Waals surface area (Å²) in [5.41, 5.74) is -0.599. The summed E-state index contributed by atoms with van der Waals surface area (Å²) in [7, 11) is 0. The Balaban J connectivity index is 3.18. The Bertz CT molecular complexity index is 428. The van der Waals surface area contributed by atoms with Gasteiger partial charge in [-0.2, -0.15) is 0 Å². The molecule has 0 radical (unpaired) electrons. The zero-order valence-corrected chi connectivity index (χ0v) is 7.64. The van der Waals surface area contributed by atoms with Gasteiger partial charge in [0, 0.05) is 6.07 Å². The van der Waals surface area contributed by atoms with E-state index in [0.717, 1.165) is 6.08 Å². The molecule has 1 amide bonds. The van der Waals surface area contributed by atoms with Crippen LogP contribution in [0.5, 0.6) is 5.75 Å². The lowest BCUT2D eigenvalue weighted by Gasteiger charge is -2.05. The van der Waals surface area contributed by atoms with E-state index in [0.29, 0.717) is 0 Å². The fraction of sp³-hybridized carbons (Fsp3) is 0. The third kappa shape index (κ3) is 2.31. The van der Waals surface area contributed by atoms with Gasteiger partial charge in [-0.05, 0) is 12.1 Å². The number of benzene rings is 1. The van der Waals surface area contributed by atoms with Crippen LogP contribution in [0.4, 0.5) is 11.4 Å². The molecule has 0 atom stereocenters. The fourth-order valence-electron chi connectivity index (χ4n) is 0.983. The number of nitro groups is 1. The molecule has 0 spiro atoms. The van der Waals surface area contributed by atoms with Gasteiger partial charge in [0.05, 0.1) is 4.92 Å². The van der Waals surface area contributed by atoms with Crippen LogP contribution in [-0.2, 0) is 4.79 Å². The van der Waals surface area contributed by atoms with Gasteiger partial charge in [-0.3, -0.25) is 14.9 Å². The van der Waals surface area contributed by atoms with Gasteiger partial charge >= 0.3 is 0 Å². The minimum atomic E-state index is -0.696. The van der Waals surface area contributed by atoms with Crippen LogP contribution in [0.2, 0.25) is 0 Å². The van der Waals surface area contributed by atoms with E-state index in [2.05, 4.69) is 11.9 Å². The highest BCUT2D eigenvalue weighted by Gasteiger charge is 2.18. The van der Waals surface area contributed by atoms with E-state index < -0.39 is 10.8 Å². The van der Waals surface area contributed by atoms with Crippen molar-refractivity contribution in [3.63, 3.8) is 0 Å². The zero-order valence-electron chi connectivity index (χ0n) is 7.64. The standard InChI is InChI=1S/C9H8N2O4/c1-2-8(13)10-9-6(11(14)15)4-3-5-7(9)12/h2-5,12H,1H2,(H,10,13). The number of hydrogen-bond donors (Lipinski definition) is 2. The second-order valence-electron chi connectivity index (χ2n) is 2.62. The molecule has 1 aromatic rings.